The number of nitrogens with zero attached hydrogens (tertiary/aromatic N) is 1. The van der Waals surface area contributed by atoms with Crippen LogP contribution in [0.5, 0.6) is 5.75 Å². The highest BCUT2D eigenvalue weighted by Gasteiger charge is 2.22. The second-order valence-electron chi connectivity index (χ2n) is 6.92. The normalized spacial score (nSPS) is 15.4. The van der Waals surface area contributed by atoms with Crippen molar-refractivity contribution in [1.82, 2.24) is 4.90 Å². The minimum Gasteiger partial charge on any atom is -0.497 e. The first-order valence-electron chi connectivity index (χ1n) is 9.11. The highest BCUT2D eigenvalue weighted by molar-refractivity contribution is 5.82. The Labute approximate surface area is 152 Å². The summed E-state index contributed by atoms with van der Waals surface area (Å²) in [5, 5.41) is 0.872. The Bertz CT molecular complexity index is 851. The van der Waals surface area contributed by atoms with Crippen molar-refractivity contribution < 1.29 is 13.9 Å². The number of ether oxygens (including phenoxy) is 1. The van der Waals surface area contributed by atoms with Gasteiger partial charge in [0.1, 0.15) is 11.3 Å². The van der Waals surface area contributed by atoms with Crippen LogP contribution >= 0.6 is 0 Å². The van der Waals surface area contributed by atoms with E-state index in [0.717, 1.165) is 36.9 Å². The van der Waals surface area contributed by atoms with Gasteiger partial charge in [-0.05, 0) is 56.3 Å². The number of carbonyl (C=O) groups is 1. The molecule has 26 heavy (non-hydrogen) atoms. The van der Waals surface area contributed by atoms with Crippen LogP contribution in [-0.2, 0) is 11.2 Å². The fourth-order valence-corrected chi connectivity index (χ4v) is 3.60. The Morgan fingerprint density at radius 1 is 1.35 bits per heavy atom. The number of methoxy groups -OCH3 is 1. The van der Waals surface area contributed by atoms with Crippen molar-refractivity contribution in [3.8, 4) is 5.75 Å². The first kappa shape index (κ1) is 18.5. The van der Waals surface area contributed by atoms with Crippen LogP contribution in [0.2, 0.25) is 0 Å². The summed E-state index contributed by atoms with van der Waals surface area (Å²) in [4.78, 5) is 26.7. The monoisotopic (exact) mass is 358 g/mol. The lowest BCUT2D eigenvalue weighted by Gasteiger charge is -2.31. The molecule has 0 spiro atoms. The third-order valence-electron chi connectivity index (χ3n) is 5.38. The standard InChI is InChI=1S/C20H26N2O4/c1-13-16-4-3-15(25-2)11-18(16)26-20(24)17(13)5-6-19(23)22-9-7-14(12-21)8-10-22/h3-4,11,14H,5-10,12,21H2,1-2H3. The van der Waals surface area contributed by atoms with Crippen molar-refractivity contribution >= 4 is 16.9 Å². The van der Waals surface area contributed by atoms with E-state index < -0.39 is 0 Å². The smallest absolute Gasteiger partial charge is 0.339 e. The predicted molar refractivity (Wildman–Crippen MR) is 100 cm³/mol. The highest BCUT2D eigenvalue weighted by Crippen LogP contribution is 2.25. The van der Waals surface area contributed by atoms with Crippen molar-refractivity contribution in [2.24, 2.45) is 11.7 Å². The minimum absolute atomic E-state index is 0.0918. The first-order chi connectivity index (χ1) is 12.5. The van der Waals surface area contributed by atoms with Gasteiger partial charge in [-0.3, -0.25) is 4.79 Å². The van der Waals surface area contributed by atoms with Crippen molar-refractivity contribution in [2.45, 2.75) is 32.6 Å². The van der Waals surface area contributed by atoms with Gasteiger partial charge in [-0.1, -0.05) is 0 Å². The van der Waals surface area contributed by atoms with Crippen LogP contribution in [0.25, 0.3) is 11.0 Å². The van der Waals surface area contributed by atoms with Gasteiger partial charge in [0, 0.05) is 36.5 Å². The third-order valence-corrected chi connectivity index (χ3v) is 5.38. The largest absolute Gasteiger partial charge is 0.497 e. The predicted octanol–water partition coefficient (Wildman–Crippen LogP) is 2.24. The SMILES string of the molecule is COc1ccc2c(C)c(CCC(=O)N3CCC(CN)CC3)c(=O)oc2c1. The molecule has 140 valence electrons. The molecule has 6 nitrogen and oxygen atoms in total. The van der Waals surface area contributed by atoms with Crippen LogP contribution in [0.3, 0.4) is 0 Å². The van der Waals surface area contributed by atoms with E-state index >= 15 is 0 Å². The van der Waals surface area contributed by atoms with Crippen LogP contribution in [-0.4, -0.2) is 37.6 Å². The molecule has 3 rings (SSSR count). The highest BCUT2D eigenvalue weighted by atomic mass is 16.5. The number of likely N-dealkylation sites (tertiary alicyclic amines) is 1. The van der Waals surface area contributed by atoms with Gasteiger partial charge in [-0.2, -0.15) is 0 Å². The summed E-state index contributed by atoms with van der Waals surface area (Å²) in [6, 6.07) is 5.43. The Kier molecular flexibility index (Phi) is 5.61. The van der Waals surface area contributed by atoms with Crippen LogP contribution in [0.15, 0.2) is 27.4 Å². The molecule has 0 bridgehead atoms. The summed E-state index contributed by atoms with van der Waals surface area (Å²) in [5.74, 6) is 1.25. The number of piperidine rings is 1. The van der Waals surface area contributed by atoms with Crippen molar-refractivity contribution in [3.63, 3.8) is 0 Å². The molecular weight excluding hydrogens is 332 g/mol. The van der Waals surface area contributed by atoms with Gasteiger partial charge in [-0.25, -0.2) is 4.79 Å². The number of carbonyl (C=O) groups excluding carboxylic acids is 1. The summed E-state index contributed by atoms with van der Waals surface area (Å²) in [6.07, 6.45) is 2.63. The number of hydrogen-bond donors (Lipinski definition) is 1. The van der Waals surface area contributed by atoms with Gasteiger partial charge in [0.2, 0.25) is 5.91 Å². The maximum Gasteiger partial charge on any atom is 0.339 e. The van der Waals surface area contributed by atoms with Crippen molar-refractivity contribution in [2.75, 3.05) is 26.7 Å². The molecule has 1 aromatic heterocycles. The van der Waals surface area contributed by atoms with Crippen molar-refractivity contribution in [1.29, 1.82) is 0 Å². The molecule has 1 aliphatic heterocycles. The van der Waals surface area contributed by atoms with E-state index in [2.05, 4.69) is 0 Å². The zero-order valence-corrected chi connectivity index (χ0v) is 15.4. The van der Waals surface area contributed by atoms with E-state index in [-0.39, 0.29) is 11.5 Å². The molecule has 1 saturated heterocycles. The molecule has 2 N–H and O–H groups in total. The summed E-state index contributed by atoms with van der Waals surface area (Å²) in [5.41, 5.74) is 7.27. The molecule has 1 amide bonds. The van der Waals surface area contributed by atoms with E-state index in [1.165, 1.54) is 0 Å². The fourth-order valence-electron chi connectivity index (χ4n) is 3.60. The minimum atomic E-state index is -0.377. The number of nitrogens with two attached hydrogens (primary N) is 1. The molecule has 0 unspecified atom stereocenters. The lowest BCUT2D eigenvalue weighted by atomic mass is 9.96. The van der Waals surface area contributed by atoms with Gasteiger partial charge in [0.15, 0.2) is 0 Å². The molecule has 1 fully saturated rings. The van der Waals surface area contributed by atoms with Crippen LogP contribution < -0.4 is 16.1 Å². The van der Waals surface area contributed by atoms with E-state index in [4.69, 9.17) is 14.9 Å². The van der Waals surface area contributed by atoms with Crippen molar-refractivity contribution in [3.05, 3.63) is 39.7 Å². The number of rotatable bonds is 5. The summed E-state index contributed by atoms with van der Waals surface area (Å²) < 4.78 is 10.6. The van der Waals surface area contributed by atoms with Gasteiger partial charge >= 0.3 is 5.63 Å². The fraction of sp³-hybridized carbons (Fsp3) is 0.500. The molecule has 0 aliphatic carbocycles. The van der Waals surface area contributed by atoms with E-state index in [9.17, 15) is 9.59 Å². The number of aryl methyl sites for hydroxylation is 1. The Hall–Kier alpha value is -2.34. The van der Waals surface area contributed by atoms with Gasteiger partial charge in [0.05, 0.1) is 7.11 Å². The van der Waals surface area contributed by atoms with Gasteiger partial charge in [0.25, 0.3) is 0 Å². The van der Waals surface area contributed by atoms with E-state index in [1.54, 1.807) is 13.2 Å². The van der Waals surface area contributed by atoms with Gasteiger partial charge < -0.3 is 19.8 Å². The zero-order valence-electron chi connectivity index (χ0n) is 15.4. The average molecular weight is 358 g/mol. The summed E-state index contributed by atoms with van der Waals surface area (Å²) >= 11 is 0. The van der Waals surface area contributed by atoms with E-state index in [1.807, 2.05) is 24.0 Å². The maximum absolute atomic E-state index is 12.5. The third kappa shape index (κ3) is 3.75. The topological polar surface area (TPSA) is 85.8 Å². The molecule has 6 heteroatoms. The van der Waals surface area contributed by atoms with E-state index in [0.29, 0.717) is 42.2 Å². The first-order valence-corrected chi connectivity index (χ1v) is 9.11. The second kappa shape index (κ2) is 7.91. The molecular formula is C20H26N2O4. The maximum atomic E-state index is 12.5. The summed E-state index contributed by atoms with van der Waals surface area (Å²) in [7, 11) is 1.57. The van der Waals surface area contributed by atoms with Crippen LogP contribution in [0.1, 0.15) is 30.4 Å². The number of amides is 1. The Balaban J connectivity index is 1.73. The van der Waals surface area contributed by atoms with Crippen LogP contribution in [0, 0.1) is 12.8 Å². The molecule has 2 heterocycles. The lowest BCUT2D eigenvalue weighted by molar-refractivity contribution is -0.132. The number of fused-ring (bicyclic) bond motifs is 1. The second-order valence-corrected chi connectivity index (χ2v) is 6.92. The Morgan fingerprint density at radius 3 is 2.73 bits per heavy atom. The zero-order chi connectivity index (χ0) is 18.7. The number of hydrogen-bond acceptors (Lipinski definition) is 5. The molecule has 0 radical (unpaired) electrons. The lowest BCUT2D eigenvalue weighted by Crippen LogP contribution is -2.40. The van der Waals surface area contributed by atoms with Gasteiger partial charge in [-0.15, -0.1) is 0 Å². The average Bonchev–Trinajstić information content (AvgIpc) is 2.67. The molecule has 0 atom stereocenters. The number of benzene rings is 1. The molecule has 1 aliphatic rings. The van der Waals surface area contributed by atoms with Crippen LogP contribution in [0.4, 0.5) is 0 Å². The Morgan fingerprint density at radius 2 is 2.08 bits per heavy atom. The molecule has 0 saturated carbocycles. The summed E-state index contributed by atoms with van der Waals surface area (Å²) in [6.45, 7) is 4.10. The molecule has 2 aromatic rings. The quantitative estimate of drug-likeness (QED) is 0.829. The molecule has 1 aromatic carbocycles.